The molecule has 7 fully saturated rings. The van der Waals surface area contributed by atoms with Gasteiger partial charge in [-0.25, -0.2) is 4.39 Å². The third-order valence-corrected chi connectivity index (χ3v) is 16.3. The van der Waals surface area contributed by atoms with Crippen molar-refractivity contribution in [2.24, 2.45) is 50.7 Å². The van der Waals surface area contributed by atoms with Gasteiger partial charge in [-0.2, -0.15) is 0 Å². The number of ether oxygens (including phenoxy) is 4. The third-order valence-electron chi connectivity index (χ3n) is 16.3. The van der Waals surface area contributed by atoms with Gasteiger partial charge in [-0.1, -0.05) is 34.6 Å². The number of alkyl halides is 1. The van der Waals surface area contributed by atoms with Crippen LogP contribution < -0.4 is 0 Å². The highest BCUT2D eigenvalue weighted by Crippen LogP contribution is 2.89. The zero-order chi connectivity index (χ0) is 33.1. The lowest BCUT2D eigenvalue weighted by Crippen LogP contribution is -2.59. The topological polar surface area (TPSA) is 60.4 Å². The molecule has 7 aliphatic rings. The summed E-state index contributed by atoms with van der Waals surface area (Å²) in [7, 11) is 0. The van der Waals surface area contributed by atoms with Crippen molar-refractivity contribution in [2.75, 3.05) is 33.0 Å². The summed E-state index contributed by atoms with van der Waals surface area (Å²) in [6, 6.07) is -0.0797. The fraction of sp³-hybridized carbons (Fsp3) is 1.00. The maximum Gasteiger partial charge on any atom is 0.170 e. The van der Waals surface area contributed by atoms with E-state index in [0.29, 0.717) is 48.3 Å². The Morgan fingerprint density at radius 1 is 1.02 bits per heavy atom. The Bertz CT molecular complexity index is 1140. The second-order valence-electron chi connectivity index (χ2n) is 19.0. The standard InChI is InChI=1S/C39H66FNO5/c1-10-43-33(35(6,7)42)26-19-24(2)32-27(45-26)20-37(9)29-12-11-28-34(4,5)30(46-31-22-41(17-18-44-31)25(3)21-40)13-14-38(28)23-39(29,38)16-15-36(32,37)8/h24-33,42H,10-23H2,1-9H3/t24-,25+,26-,27-,28?,29+,30+,31+,32?,33+,36-,37+,38-,39+/m1/s1. The van der Waals surface area contributed by atoms with Gasteiger partial charge in [0.1, 0.15) is 12.8 Å². The van der Waals surface area contributed by atoms with Crippen LogP contribution in [-0.2, 0) is 18.9 Å². The predicted molar refractivity (Wildman–Crippen MR) is 178 cm³/mol. The zero-order valence-electron chi connectivity index (χ0n) is 30.6. The number of morpholine rings is 1. The molecule has 2 heterocycles. The van der Waals surface area contributed by atoms with Gasteiger partial charge in [0.2, 0.25) is 0 Å². The molecule has 5 saturated carbocycles. The van der Waals surface area contributed by atoms with Crippen LogP contribution in [0.1, 0.15) is 120 Å². The fourth-order valence-corrected chi connectivity index (χ4v) is 14.1. The second kappa shape index (κ2) is 11.4. The quantitative estimate of drug-likeness (QED) is 0.296. The Kier molecular flexibility index (Phi) is 8.43. The fourth-order valence-electron chi connectivity index (χ4n) is 14.1. The van der Waals surface area contributed by atoms with Crippen molar-refractivity contribution in [3.8, 4) is 0 Å². The summed E-state index contributed by atoms with van der Waals surface area (Å²) in [4.78, 5) is 2.19. The number of rotatable bonds is 8. The molecule has 0 aromatic carbocycles. The molecule has 14 atom stereocenters. The number of aliphatic hydroxyl groups is 1. The minimum absolute atomic E-state index is 0.0583. The number of halogens is 1. The molecule has 2 unspecified atom stereocenters. The van der Waals surface area contributed by atoms with Gasteiger partial charge in [-0.3, -0.25) is 4.90 Å². The minimum atomic E-state index is -0.931. The van der Waals surface area contributed by atoms with Gasteiger partial charge in [0.05, 0.1) is 30.5 Å². The lowest BCUT2D eigenvalue weighted by atomic mass is 9.41. The molecule has 7 heteroatoms. The molecule has 0 aromatic heterocycles. The number of fused-ring (bicyclic) bond motifs is 4. The molecule has 0 radical (unpaired) electrons. The van der Waals surface area contributed by atoms with E-state index in [1.54, 1.807) is 0 Å². The van der Waals surface area contributed by atoms with Crippen molar-refractivity contribution in [1.82, 2.24) is 4.90 Å². The van der Waals surface area contributed by atoms with E-state index < -0.39 is 5.60 Å². The van der Waals surface area contributed by atoms with Crippen molar-refractivity contribution in [3.63, 3.8) is 0 Å². The summed E-state index contributed by atoms with van der Waals surface area (Å²) in [6.07, 6.45) is 11.0. The molecule has 2 spiro atoms. The van der Waals surface area contributed by atoms with Crippen molar-refractivity contribution < 1.29 is 28.4 Å². The summed E-state index contributed by atoms with van der Waals surface area (Å²) in [6.45, 7) is 22.9. The molecule has 5 aliphatic carbocycles. The van der Waals surface area contributed by atoms with E-state index in [1.807, 2.05) is 27.7 Å². The van der Waals surface area contributed by atoms with Gasteiger partial charge in [0.15, 0.2) is 6.29 Å². The number of hydrogen-bond donors (Lipinski definition) is 1. The average molecular weight is 648 g/mol. The van der Waals surface area contributed by atoms with Crippen molar-refractivity contribution in [3.05, 3.63) is 0 Å². The Morgan fingerprint density at radius 3 is 2.43 bits per heavy atom. The van der Waals surface area contributed by atoms with Crippen LogP contribution in [0, 0.1) is 50.7 Å². The van der Waals surface area contributed by atoms with Gasteiger partial charge < -0.3 is 24.1 Å². The summed E-state index contributed by atoms with van der Waals surface area (Å²) in [5, 5.41) is 11.1. The molecule has 2 saturated heterocycles. The van der Waals surface area contributed by atoms with E-state index in [0.717, 1.165) is 31.7 Å². The van der Waals surface area contributed by atoms with Crippen molar-refractivity contribution in [1.29, 1.82) is 0 Å². The van der Waals surface area contributed by atoms with Gasteiger partial charge in [-0.15, -0.1) is 0 Å². The largest absolute Gasteiger partial charge is 0.388 e. The number of nitrogens with zero attached hydrogens (tertiary/aromatic N) is 1. The van der Waals surface area contributed by atoms with Crippen LogP contribution in [0.25, 0.3) is 0 Å². The summed E-state index contributed by atoms with van der Waals surface area (Å²) < 4.78 is 39.7. The molecule has 46 heavy (non-hydrogen) atoms. The maximum absolute atomic E-state index is 13.5. The van der Waals surface area contributed by atoms with Crippen LogP contribution in [0.3, 0.4) is 0 Å². The Balaban J connectivity index is 1.10. The molecule has 0 aromatic rings. The third kappa shape index (κ3) is 4.73. The Hall–Kier alpha value is -0.310. The zero-order valence-corrected chi connectivity index (χ0v) is 30.6. The molecule has 0 amide bonds. The molecule has 7 rings (SSSR count). The molecule has 264 valence electrons. The molecule has 6 nitrogen and oxygen atoms in total. The minimum Gasteiger partial charge on any atom is -0.388 e. The van der Waals surface area contributed by atoms with Crippen molar-refractivity contribution >= 4 is 0 Å². The monoisotopic (exact) mass is 647 g/mol. The van der Waals surface area contributed by atoms with Gasteiger partial charge in [0, 0.05) is 25.7 Å². The lowest BCUT2D eigenvalue weighted by molar-refractivity contribution is -0.249. The van der Waals surface area contributed by atoms with Gasteiger partial charge >= 0.3 is 0 Å². The Labute approximate surface area is 279 Å². The van der Waals surface area contributed by atoms with Crippen LogP contribution in [0.5, 0.6) is 0 Å². The van der Waals surface area contributed by atoms with E-state index >= 15 is 0 Å². The van der Waals surface area contributed by atoms with Crippen molar-refractivity contribution in [2.45, 2.75) is 162 Å². The predicted octanol–water partition coefficient (Wildman–Crippen LogP) is 7.41. The van der Waals surface area contributed by atoms with E-state index in [-0.39, 0.29) is 59.7 Å². The number of hydrogen-bond acceptors (Lipinski definition) is 6. The first-order chi connectivity index (χ1) is 21.6. The SMILES string of the molecule is CCO[C@@H]([C@H]1C[C@@H](C)C2[C@@H](C[C@@]3(C)[C@@H]4CCC5C(C)(C)[C@@H](O[C@H]6CN([C@@H](C)CF)CCO6)CC[C@@]56C[C@@]46CC[C@]23C)O1)C(C)(C)O. The summed E-state index contributed by atoms with van der Waals surface area (Å²) in [5.74, 6) is 2.54. The van der Waals surface area contributed by atoms with Crippen LogP contribution in [0.2, 0.25) is 0 Å². The lowest BCUT2D eigenvalue weighted by Gasteiger charge is -2.63. The molecule has 1 N–H and O–H groups in total. The first-order valence-electron chi connectivity index (χ1n) is 19.1. The highest BCUT2D eigenvalue weighted by Gasteiger charge is 2.83. The maximum atomic E-state index is 13.5. The van der Waals surface area contributed by atoms with Crippen LogP contribution in [0.15, 0.2) is 0 Å². The smallest absolute Gasteiger partial charge is 0.170 e. The van der Waals surface area contributed by atoms with E-state index in [2.05, 4.69) is 39.5 Å². The normalized spacial score (nSPS) is 51.2. The first kappa shape index (κ1) is 34.2. The summed E-state index contributed by atoms with van der Waals surface area (Å²) >= 11 is 0. The van der Waals surface area contributed by atoms with E-state index in [1.165, 1.54) is 38.5 Å². The Morgan fingerprint density at radius 2 is 1.74 bits per heavy atom. The highest BCUT2D eigenvalue weighted by atomic mass is 19.1. The first-order valence-corrected chi connectivity index (χ1v) is 19.1. The van der Waals surface area contributed by atoms with E-state index in [4.69, 9.17) is 18.9 Å². The second-order valence-corrected chi connectivity index (χ2v) is 19.0. The molecule has 2 aliphatic heterocycles. The van der Waals surface area contributed by atoms with Gasteiger partial charge in [-0.05, 0) is 136 Å². The van der Waals surface area contributed by atoms with Crippen LogP contribution in [-0.4, -0.2) is 85.3 Å². The van der Waals surface area contributed by atoms with Crippen LogP contribution >= 0.6 is 0 Å². The van der Waals surface area contributed by atoms with Gasteiger partial charge in [0.25, 0.3) is 0 Å². The summed E-state index contributed by atoms with van der Waals surface area (Å²) in [5.41, 5.74) is 0.596. The molecular weight excluding hydrogens is 581 g/mol. The van der Waals surface area contributed by atoms with E-state index in [9.17, 15) is 9.50 Å². The molecule has 0 bridgehead atoms. The molecular formula is C39H66FNO5. The van der Waals surface area contributed by atoms with Crippen LogP contribution in [0.4, 0.5) is 4.39 Å². The highest BCUT2D eigenvalue weighted by molar-refractivity contribution is 5.31. The average Bonchev–Trinajstić information content (AvgIpc) is 3.59.